The Morgan fingerprint density at radius 2 is 2.07 bits per heavy atom. The van der Waals surface area contributed by atoms with Crippen LogP contribution >= 0.6 is 0 Å². The monoisotopic (exact) mass is 378 g/mol. The summed E-state index contributed by atoms with van der Waals surface area (Å²) in [5, 5.41) is 2.60. The van der Waals surface area contributed by atoms with E-state index in [1.807, 2.05) is 23.1 Å². The van der Waals surface area contributed by atoms with E-state index in [1.165, 1.54) is 13.2 Å². The highest BCUT2D eigenvalue weighted by molar-refractivity contribution is 5.83. The number of halogens is 2. The van der Waals surface area contributed by atoms with Crippen molar-refractivity contribution in [1.82, 2.24) is 5.32 Å². The van der Waals surface area contributed by atoms with E-state index in [-0.39, 0.29) is 17.4 Å². The number of fused-ring (bicyclic) bond motifs is 1. The largest absolute Gasteiger partial charge is 0.493 e. The predicted octanol–water partition coefficient (Wildman–Crippen LogP) is 2.81. The first-order valence-electron chi connectivity index (χ1n) is 8.35. The van der Waals surface area contributed by atoms with Crippen molar-refractivity contribution < 1.29 is 27.8 Å². The lowest BCUT2D eigenvalue weighted by atomic mass is 10.1. The van der Waals surface area contributed by atoms with Crippen LogP contribution in [-0.4, -0.2) is 39.3 Å². The van der Waals surface area contributed by atoms with Crippen molar-refractivity contribution in [2.75, 3.05) is 25.6 Å². The molecule has 0 bridgehead atoms. The van der Waals surface area contributed by atoms with Crippen LogP contribution in [0.25, 0.3) is 0 Å². The highest BCUT2D eigenvalue weighted by Gasteiger charge is 2.30. The van der Waals surface area contributed by atoms with Crippen LogP contribution in [0.1, 0.15) is 5.56 Å². The van der Waals surface area contributed by atoms with Gasteiger partial charge in [-0.1, -0.05) is 18.2 Å². The van der Waals surface area contributed by atoms with Gasteiger partial charge in [-0.25, -0.2) is 0 Å². The molecule has 27 heavy (non-hydrogen) atoms. The third kappa shape index (κ3) is 4.21. The van der Waals surface area contributed by atoms with E-state index < -0.39 is 12.7 Å². The van der Waals surface area contributed by atoms with Gasteiger partial charge < -0.3 is 24.4 Å². The van der Waals surface area contributed by atoms with Crippen molar-refractivity contribution in [2.45, 2.75) is 19.3 Å². The van der Waals surface area contributed by atoms with E-state index in [9.17, 15) is 13.6 Å². The molecule has 1 N–H and O–H groups in total. The Hall–Kier alpha value is -3.03. The van der Waals surface area contributed by atoms with Gasteiger partial charge in [0.05, 0.1) is 19.3 Å². The molecule has 0 saturated heterocycles. The SMILES string of the molecule is CNC(=O)[C@@H]1CN(Cc2ccc(OC(F)F)c(OC)c2)c2ccccc2O1. The minimum Gasteiger partial charge on any atom is -0.493 e. The summed E-state index contributed by atoms with van der Waals surface area (Å²) in [5.74, 6) is 0.591. The number of nitrogens with one attached hydrogen (secondary N) is 1. The zero-order valence-corrected chi connectivity index (χ0v) is 14.9. The van der Waals surface area contributed by atoms with Crippen LogP contribution < -0.4 is 24.4 Å². The van der Waals surface area contributed by atoms with E-state index in [4.69, 9.17) is 9.47 Å². The molecule has 1 aliphatic rings. The summed E-state index contributed by atoms with van der Waals surface area (Å²) >= 11 is 0. The highest BCUT2D eigenvalue weighted by Crippen LogP contribution is 2.35. The van der Waals surface area contributed by atoms with Gasteiger partial charge in [0.15, 0.2) is 17.6 Å². The lowest BCUT2D eigenvalue weighted by Gasteiger charge is -2.35. The number of hydrogen-bond acceptors (Lipinski definition) is 5. The molecule has 0 spiro atoms. The molecule has 2 aromatic carbocycles. The number of ether oxygens (including phenoxy) is 3. The van der Waals surface area contributed by atoms with Crippen LogP contribution in [0.15, 0.2) is 42.5 Å². The van der Waals surface area contributed by atoms with E-state index in [0.29, 0.717) is 18.8 Å². The van der Waals surface area contributed by atoms with Crippen LogP contribution in [0, 0.1) is 0 Å². The zero-order chi connectivity index (χ0) is 19.4. The third-order valence-corrected chi connectivity index (χ3v) is 4.22. The number of benzene rings is 2. The average molecular weight is 378 g/mol. The van der Waals surface area contributed by atoms with Crippen LogP contribution in [0.3, 0.4) is 0 Å². The first kappa shape index (κ1) is 18.8. The number of carbonyl (C=O) groups excluding carboxylic acids is 1. The fourth-order valence-electron chi connectivity index (χ4n) is 2.98. The van der Waals surface area contributed by atoms with Gasteiger partial charge in [-0.05, 0) is 29.8 Å². The first-order chi connectivity index (χ1) is 13.0. The van der Waals surface area contributed by atoms with E-state index in [0.717, 1.165) is 11.3 Å². The molecule has 144 valence electrons. The molecule has 0 saturated carbocycles. The Bertz CT molecular complexity index is 816. The maximum Gasteiger partial charge on any atom is 0.387 e. The third-order valence-electron chi connectivity index (χ3n) is 4.22. The lowest BCUT2D eigenvalue weighted by Crippen LogP contribution is -2.47. The van der Waals surface area contributed by atoms with Gasteiger partial charge >= 0.3 is 6.61 Å². The minimum atomic E-state index is -2.93. The van der Waals surface area contributed by atoms with Gasteiger partial charge in [-0.2, -0.15) is 8.78 Å². The maximum absolute atomic E-state index is 12.5. The van der Waals surface area contributed by atoms with Gasteiger partial charge in [-0.3, -0.25) is 4.79 Å². The van der Waals surface area contributed by atoms with E-state index in [1.54, 1.807) is 25.2 Å². The standard InChI is InChI=1S/C19H20F2N2O4/c1-22-18(24)17-11-23(13-5-3-4-6-14(13)26-17)10-12-7-8-15(27-19(20)21)16(9-12)25-2/h3-9,17,19H,10-11H2,1-2H3,(H,22,24)/t17-/m0/s1. The number of likely N-dealkylation sites (N-methyl/N-ethyl adjacent to an activating group) is 1. The molecule has 2 aromatic rings. The van der Waals surface area contributed by atoms with Crippen molar-refractivity contribution in [3.63, 3.8) is 0 Å². The van der Waals surface area contributed by atoms with E-state index >= 15 is 0 Å². The second kappa shape index (κ2) is 8.11. The Labute approximate surface area is 155 Å². The minimum absolute atomic E-state index is 0.0261. The zero-order valence-electron chi connectivity index (χ0n) is 14.9. The summed E-state index contributed by atoms with van der Waals surface area (Å²) < 4.78 is 40.4. The molecule has 0 unspecified atom stereocenters. The Balaban J connectivity index is 1.86. The number of amides is 1. The second-order valence-electron chi connectivity index (χ2n) is 5.93. The van der Waals surface area contributed by atoms with Gasteiger partial charge in [0.2, 0.25) is 0 Å². The number of alkyl halides is 2. The molecule has 1 amide bonds. The number of anilines is 1. The molecule has 1 aliphatic heterocycles. The number of nitrogens with zero attached hydrogens (tertiary/aromatic N) is 1. The number of carbonyl (C=O) groups is 1. The fourth-order valence-corrected chi connectivity index (χ4v) is 2.98. The number of methoxy groups -OCH3 is 1. The number of rotatable bonds is 6. The average Bonchev–Trinajstić information content (AvgIpc) is 2.68. The summed E-state index contributed by atoms with van der Waals surface area (Å²) in [4.78, 5) is 14.1. The summed E-state index contributed by atoms with van der Waals surface area (Å²) in [6, 6.07) is 12.2. The van der Waals surface area contributed by atoms with Gasteiger partial charge in [-0.15, -0.1) is 0 Å². The molecule has 0 aromatic heterocycles. The summed E-state index contributed by atoms with van der Waals surface area (Å²) in [5.41, 5.74) is 1.67. The molecule has 0 fully saturated rings. The van der Waals surface area contributed by atoms with Crippen molar-refractivity contribution >= 4 is 11.6 Å². The number of hydrogen-bond donors (Lipinski definition) is 1. The molecular formula is C19H20F2N2O4. The van der Waals surface area contributed by atoms with E-state index in [2.05, 4.69) is 10.1 Å². The molecule has 0 aliphatic carbocycles. The Morgan fingerprint density at radius 3 is 2.78 bits per heavy atom. The van der Waals surface area contributed by atoms with Gasteiger partial charge in [0.25, 0.3) is 5.91 Å². The Kier molecular flexibility index (Phi) is 5.63. The molecule has 1 heterocycles. The molecule has 1 atom stereocenters. The smallest absolute Gasteiger partial charge is 0.387 e. The lowest BCUT2D eigenvalue weighted by molar-refractivity contribution is -0.127. The second-order valence-corrected chi connectivity index (χ2v) is 5.93. The van der Waals surface area contributed by atoms with Crippen molar-refractivity contribution in [2.24, 2.45) is 0 Å². The van der Waals surface area contributed by atoms with Crippen molar-refractivity contribution in [3.8, 4) is 17.2 Å². The molecule has 3 rings (SSSR count). The van der Waals surface area contributed by atoms with Gasteiger partial charge in [0.1, 0.15) is 5.75 Å². The summed E-state index contributed by atoms with van der Waals surface area (Å²) in [6.45, 7) is -2.13. The van der Waals surface area contributed by atoms with Crippen LogP contribution in [-0.2, 0) is 11.3 Å². The molecule has 8 heteroatoms. The van der Waals surface area contributed by atoms with Crippen molar-refractivity contribution in [3.05, 3.63) is 48.0 Å². The number of para-hydroxylation sites is 2. The Morgan fingerprint density at radius 1 is 1.30 bits per heavy atom. The quantitative estimate of drug-likeness (QED) is 0.838. The topological polar surface area (TPSA) is 60.0 Å². The summed E-state index contributed by atoms with van der Waals surface area (Å²) in [6.07, 6.45) is -0.645. The van der Waals surface area contributed by atoms with Gasteiger partial charge in [0, 0.05) is 13.6 Å². The highest BCUT2D eigenvalue weighted by atomic mass is 19.3. The summed E-state index contributed by atoms with van der Waals surface area (Å²) in [7, 11) is 2.95. The van der Waals surface area contributed by atoms with Crippen molar-refractivity contribution in [1.29, 1.82) is 0 Å². The van der Waals surface area contributed by atoms with Crippen LogP contribution in [0.5, 0.6) is 17.2 Å². The van der Waals surface area contributed by atoms with Crippen LogP contribution in [0.2, 0.25) is 0 Å². The molecule has 0 radical (unpaired) electrons. The fraction of sp³-hybridized carbons (Fsp3) is 0.316. The predicted molar refractivity (Wildman–Crippen MR) is 95.6 cm³/mol. The molecule has 6 nitrogen and oxygen atoms in total. The molecular weight excluding hydrogens is 358 g/mol. The first-order valence-corrected chi connectivity index (χ1v) is 8.35. The normalized spacial score (nSPS) is 15.7. The van der Waals surface area contributed by atoms with Crippen LogP contribution in [0.4, 0.5) is 14.5 Å². The maximum atomic E-state index is 12.5.